The fraction of sp³-hybridized carbons (Fsp3) is 0.800. The molecule has 2 unspecified atom stereocenters. The van der Waals surface area contributed by atoms with Crippen molar-refractivity contribution < 1.29 is 0 Å². The predicted molar refractivity (Wildman–Crippen MR) is 94.3 cm³/mol. The zero-order valence-electron chi connectivity index (χ0n) is 14.7. The second-order valence-corrected chi connectivity index (χ2v) is 7.04. The maximum Gasteiger partial charge on any atom is 0.0696 e. The van der Waals surface area contributed by atoms with Gasteiger partial charge in [-0.2, -0.15) is 10.2 Å². The molecule has 0 amide bonds. The van der Waals surface area contributed by atoms with Crippen molar-refractivity contribution in [3.63, 3.8) is 0 Å². The van der Waals surface area contributed by atoms with E-state index in [2.05, 4.69) is 30.1 Å². The van der Waals surface area contributed by atoms with Crippen LogP contribution in [-0.2, 0) is 0 Å². The summed E-state index contributed by atoms with van der Waals surface area (Å²) in [7, 11) is 0. The van der Waals surface area contributed by atoms with Crippen molar-refractivity contribution in [3.8, 4) is 0 Å². The molecule has 1 aromatic heterocycles. The Balaban J connectivity index is 2.27. The summed E-state index contributed by atoms with van der Waals surface area (Å²) in [6.45, 7) is 4.60. The van der Waals surface area contributed by atoms with E-state index < -0.39 is 0 Å². The number of rotatable bonds is 5. The number of hydrogen-bond donors (Lipinski definition) is 0. The van der Waals surface area contributed by atoms with E-state index in [0.29, 0.717) is 11.8 Å². The van der Waals surface area contributed by atoms with Crippen molar-refractivity contribution in [1.29, 1.82) is 0 Å². The van der Waals surface area contributed by atoms with Gasteiger partial charge < -0.3 is 0 Å². The fourth-order valence-electron chi connectivity index (χ4n) is 4.00. The zero-order valence-corrected chi connectivity index (χ0v) is 14.7. The van der Waals surface area contributed by atoms with Gasteiger partial charge in [0, 0.05) is 12.1 Å². The predicted octanol–water partition coefficient (Wildman–Crippen LogP) is 6.38. The molecule has 1 heterocycles. The molecule has 0 fully saturated rings. The lowest BCUT2D eigenvalue weighted by atomic mass is 9.83. The number of nitrogens with zero attached hydrogens (tertiary/aromatic N) is 2. The molecule has 124 valence electrons. The van der Waals surface area contributed by atoms with E-state index >= 15 is 0 Å². The first-order valence-electron chi connectivity index (χ1n) is 9.68. The molecule has 22 heavy (non-hydrogen) atoms. The van der Waals surface area contributed by atoms with Crippen molar-refractivity contribution in [2.24, 2.45) is 0 Å². The van der Waals surface area contributed by atoms with Crippen molar-refractivity contribution in [2.45, 2.75) is 103 Å². The molecule has 0 spiro atoms. The Labute approximate surface area is 137 Å². The maximum atomic E-state index is 4.63. The molecule has 0 aliphatic heterocycles. The highest BCUT2D eigenvalue weighted by Crippen LogP contribution is 2.36. The van der Waals surface area contributed by atoms with Crippen LogP contribution in [0.4, 0.5) is 0 Å². The summed E-state index contributed by atoms with van der Waals surface area (Å²) in [6, 6.07) is 2.28. The van der Waals surface area contributed by atoms with Gasteiger partial charge in [-0.15, -0.1) is 0 Å². The van der Waals surface area contributed by atoms with E-state index in [1.165, 1.54) is 88.3 Å². The molecule has 2 nitrogen and oxygen atoms in total. The third-order valence-electron chi connectivity index (χ3n) is 5.26. The highest BCUT2D eigenvalue weighted by Gasteiger charge is 2.22. The molecule has 0 radical (unpaired) electrons. The van der Waals surface area contributed by atoms with Crippen LogP contribution in [0.1, 0.15) is 114 Å². The normalized spacial score (nSPS) is 23.5. The molecule has 1 aliphatic rings. The third kappa shape index (κ3) is 5.07. The Morgan fingerprint density at radius 3 is 2.36 bits per heavy atom. The molecular weight excluding hydrogens is 268 g/mol. The Hall–Kier alpha value is -0.920. The first-order valence-corrected chi connectivity index (χ1v) is 9.68. The number of unbranched alkanes of at least 4 members (excludes halogenated alkanes) is 1. The second-order valence-electron chi connectivity index (χ2n) is 7.04. The highest BCUT2D eigenvalue weighted by atomic mass is 15.1. The quantitative estimate of drug-likeness (QED) is 0.630. The van der Waals surface area contributed by atoms with Gasteiger partial charge in [-0.05, 0) is 43.2 Å². The topological polar surface area (TPSA) is 25.8 Å². The Bertz CT molecular complexity index is 416. The average molecular weight is 303 g/mol. The first-order chi connectivity index (χ1) is 10.9. The van der Waals surface area contributed by atoms with Crippen molar-refractivity contribution in [2.75, 3.05) is 0 Å². The average Bonchev–Trinajstić information content (AvgIpc) is 2.58. The van der Waals surface area contributed by atoms with Crippen LogP contribution in [0.2, 0.25) is 0 Å². The van der Waals surface area contributed by atoms with Crippen LogP contribution in [0, 0.1) is 0 Å². The Kier molecular flexibility index (Phi) is 7.90. The van der Waals surface area contributed by atoms with Gasteiger partial charge in [0.2, 0.25) is 0 Å². The molecule has 0 aromatic carbocycles. The van der Waals surface area contributed by atoms with E-state index in [1.54, 1.807) is 0 Å². The molecule has 1 aliphatic carbocycles. The minimum Gasteiger partial charge on any atom is -0.159 e. The minimum atomic E-state index is 0.635. The van der Waals surface area contributed by atoms with Crippen LogP contribution < -0.4 is 0 Å². The molecule has 0 bridgehead atoms. The van der Waals surface area contributed by atoms with Crippen LogP contribution >= 0.6 is 0 Å². The molecule has 0 N–H and O–H groups in total. The van der Waals surface area contributed by atoms with Gasteiger partial charge in [-0.3, -0.25) is 0 Å². The monoisotopic (exact) mass is 302 g/mol. The van der Waals surface area contributed by atoms with Gasteiger partial charge in [0.05, 0.1) is 5.69 Å². The van der Waals surface area contributed by atoms with Crippen LogP contribution in [0.25, 0.3) is 0 Å². The lowest BCUT2D eigenvalue weighted by molar-refractivity contribution is 0.500. The maximum absolute atomic E-state index is 4.63. The standard InChI is InChI=1S/C20H34N2/c1-3-5-12-17-13-9-7-6-8-10-14-18(11-4-2)20-19(17)15-16-21-22-20/h15-18H,3-14H2,1-2H3. The minimum absolute atomic E-state index is 0.635. The summed E-state index contributed by atoms with van der Waals surface area (Å²) in [5, 5.41) is 8.88. The van der Waals surface area contributed by atoms with Crippen LogP contribution in [0.3, 0.4) is 0 Å². The van der Waals surface area contributed by atoms with Crippen molar-refractivity contribution >= 4 is 0 Å². The van der Waals surface area contributed by atoms with E-state index in [0.717, 1.165) is 0 Å². The van der Waals surface area contributed by atoms with Gasteiger partial charge in [0.15, 0.2) is 0 Å². The van der Waals surface area contributed by atoms with Crippen LogP contribution in [0.15, 0.2) is 12.3 Å². The van der Waals surface area contributed by atoms with Gasteiger partial charge >= 0.3 is 0 Å². The lowest BCUT2D eigenvalue weighted by Gasteiger charge is -2.23. The van der Waals surface area contributed by atoms with Crippen molar-refractivity contribution in [3.05, 3.63) is 23.5 Å². The number of fused-ring (bicyclic) bond motifs is 1. The molecule has 1 aromatic rings. The fourth-order valence-corrected chi connectivity index (χ4v) is 4.00. The first kappa shape index (κ1) is 17.4. The van der Waals surface area contributed by atoms with Gasteiger partial charge in [-0.25, -0.2) is 0 Å². The van der Waals surface area contributed by atoms with E-state index in [-0.39, 0.29) is 0 Å². The highest BCUT2D eigenvalue weighted by molar-refractivity contribution is 5.25. The molecule has 2 atom stereocenters. The summed E-state index contributed by atoms with van der Waals surface area (Å²) >= 11 is 0. The Morgan fingerprint density at radius 1 is 0.909 bits per heavy atom. The summed E-state index contributed by atoms with van der Waals surface area (Å²) in [4.78, 5) is 0. The lowest BCUT2D eigenvalue weighted by Crippen LogP contribution is -2.11. The summed E-state index contributed by atoms with van der Waals surface area (Å²) in [6.07, 6.45) is 18.0. The van der Waals surface area contributed by atoms with Crippen LogP contribution in [0.5, 0.6) is 0 Å². The van der Waals surface area contributed by atoms with Crippen LogP contribution in [-0.4, -0.2) is 10.2 Å². The summed E-state index contributed by atoms with van der Waals surface area (Å²) < 4.78 is 0. The number of hydrogen-bond acceptors (Lipinski definition) is 2. The Morgan fingerprint density at radius 2 is 1.64 bits per heavy atom. The molecule has 2 rings (SSSR count). The SMILES string of the molecule is CCCCC1CCCCCCCC(CCC)c2nnccc21. The summed E-state index contributed by atoms with van der Waals surface area (Å²) in [5.41, 5.74) is 2.87. The van der Waals surface area contributed by atoms with E-state index in [4.69, 9.17) is 0 Å². The molecular formula is C20H34N2. The van der Waals surface area contributed by atoms with Gasteiger partial charge in [0.1, 0.15) is 0 Å². The van der Waals surface area contributed by atoms with Gasteiger partial charge in [0.25, 0.3) is 0 Å². The zero-order chi connectivity index (χ0) is 15.6. The smallest absolute Gasteiger partial charge is 0.0696 e. The molecule has 0 saturated heterocycles. The third-order valence-corrected chi connectivity index (χ3v) is 5.26. The molecule has 0 saturated carbocycles. The second kappa shape index (κ2) is 9.97. The number of aromatic nitrogens is 2. The summed E-state index contributed by atoms with van der Waals surface area (Å²) in [5.74, 6) is 1.35. The molecule has 2 heteroatoms. The largest absolute Gasteiger partial charge is 0.159 e. The van der Waals surface area contributed by atoms with E-state index in [1.807, 2.05) is 6.20 Å². The van der Waals surface area contributed by atoms with E-state index in [9.17, 15) is 0 Å². The van der Waals surface area contributed by atoms with Crippen molar-refractivity contribution in [1.82, 2.24) is 10.2 Å². The van der Waals surface area contributed by atoms with Gasteiger partial charge in [-0.1, -0.05) is 65.2 Å².